The molecule has 1 aliphatic rings. The van der Waals surface area contributed by atoms with E-state index < -0.39 is 12.0 Å². The van der Waals surface area contributed by atoms with Gasteiger partial charge in [-0.25, -0.2) is 4.90 Å². The molecule has 2 aromatic rings. The third-order valence-corrected chi connectivity index (χ3v) is 4.20. The molecular weight excluding hydrogens is 348 g/mol. The fourth-order valence-corrected chi connectivity index (χ4v) is 2.97. The van der Waals surface area contributed by atoms with E-state index >= 15 is 0 Å². The van der Waals surface area contributed by atoms with Gasteiger partial charge in [-0.2, -0.15) is 0 Å². The summed E-state index contributed by atoms with van der Waals surface area (Å²) in [5.74, 6) is -0.829. The van der Waals surface area contributed by atoms with Gasteiger partial charge in [0.1, 0.15) is 11.8 Å². The molecule has 1 aliphatic heterocycles. The Labute approximate surface area is 156 Å². The number of hydrogen-bond acceptors (Lipinski definition) is 5. The molecule has 7 nitrogen and oxygen atoms in total. The molecule has 0 saturated carbocycles. The number of imide groups is 1. The summed E-state index contributed by atoms with van der Waals surface area (Å²) in [6.07, 6.45) is -0.0486. The predicted octanol–water partition coefficient (Wildman–Crippen LogP) is 2.46. The second-order valence-electron chi connectivity index (χ2n) is 6.16. The number of carbonyl (C=O) groups excluding carboxylic acids is 2. The van der Waals surface area contributed by atoms with Crippen molar-refractivity contribution in [3.63, 3.8) is 0 Å². The first kappa shape index (κ1) is 18.4. The Hall–Kier alpha value is -3.35. The van der Waals surface area contributed by atoms with Crippen molar-refractivity contribution in [3.8, 4) is 5.75 Å². The van der Waals surface area contributed by atoms with Crippen molar-refractivity contribution in [1.82, 2.24) is 0 Å². The summed E-state index contributed by atoms with van der Waals surface area (Å²) < 4.78 is 5.38. The fourth-order valence-electron chi connectivity index (χ4n) is 2.97. The van der Waals surface area contributed by atoms with Crippen molar-refractivity contribution in [2.75, 3.05) is 16.8 Å². The molecule has 2 N–H and O–H groups in total. The number of amides is 2. The highest BCUT2D eigenvalue weighted by atomic mass is 16.5. The van der Waals surface area contributed by atoms with Crippen LogP contribution in [-0.2, 0) is 20.8 Å². The molecule has 1 unspecified atom stereocenters. The third kappa shape index (κ3) is 4.25. The highest BCUT2D eigenvalue weighted by Crippen LogP contribution is 2.26. The van der Waals surface area contributed by atoms with Crippen LogP contribution in [0.25, 0.3) is 0 Å². The maximum absolute atomic E-state index is 12.7. The topological polar surface area (TPSA) is 95.9 Å². The number of carbonyl (C=O) groups is 3. The van der Waals surface area contributed by atoms with Crippen LogP contribution in [0.3, 0.4) is 0 Å². The van der Waals surface area contributed by atoms with E-state index in [2.05, 4.69) is 5.32 Å². The predicted molar refractivity (Wildman–Crippen MR) is 99.9 cm³/mol. The lowest BCUT2D eigenvalue weighted by Gasteiger charge is -2.16. The van der Waals surface area contributed by atoms with Crippen LogP contribution >= 0.6 is 0 Å². The Balaban J connectivity index is 1.70. The van der Waals surface area contributed by atoms with Gasteiger partial charge in [0.05, 0.1) is 25.1 Å². The first-order valence-corrected chi connectivity index (χ1v) is 8.65. The number of benzene rings is 2. The fraction of sp³-hybridized carbons (Fsp3) is 0.250. The van der Waals surface area contributed by atoms with E-state index in [0.29, 0.717) is 17.9 Å². The summed E-state index contributed by atoms with van der Waals surface area (Å²) >= 11 is 0. The standard InChI is InChI=1S/C20H20N2O5/c1-2-27-16-9-5-14(6-10-16)21-17-12-18(23)22(20(17)26)15-7-3-13(4-8-15)11-19(24)25/h3-10,17,21H,2,11-12H2,1H3,(H,24,25). The minimum absolute atomic E-state index is 0.0585. The summed E-state index contributed by atoms with van der Waals surface area (Å²) in [6, 6.07) is 12.9. The number of nitrogens with one attached hydrogen (secondary N) is 1. The number of carboxylic acids is 1. The maximum atomic E-state index is 12.7. The van der Waals surface area contributed by atoms with Crippen LogP contribution in [0.4, 0.5) is 11.4 Å². The van der Waals surface area contributed by atoms with Gasteiger partial charge in [-0.05, 0) is 48.9 Å². The van der Waals surface area contributed by atoms with Crippen molar-refractivity contribution < 1.29 is 24.2 Å². The number of rotatable bonds is 7. The third-order valence-electron chi connectivity index (χ3n) is 4.20. The largest absolute Gasteiger partial charge is 0.494 e. The van der Waals surface area contributed by atoms with Crippen LogP contribution in [-0.4, -0.2) is 35.5 Å². The lowest BCUT2D eigenvalue weighted by atomic mass is 10.1. The minimum atomic E-state index is -0.935. The van der Waals surface area contributed by atoms with Crippen molar-refractivity contribution in [2.45, 2.75) is 25.8 Å². The first-order chi connectivity index (χ1) is 13.0. The zero-order valence-electron chi connectivity index (χ0n) is 14.8. The molecule has 2 aromatic carbocycles. The van der Waals surface area contributed by atoms with Crippen molar-refractivity contribution >= 4 is 29.2 Å². The van der Waals surface area contributed by atoms with E-state index in [1.54, 1.807) is 48.5 Å². The molecule has 3 rings (SSSR count). The van der Waals surface area contributed by atoms with Crippen molar-refractivity contribution in [1.29, 1.82) is 0 Å². The highest BCUT2D eigenvalue weighted by Gasteiger charge is 2.39. The van der Waals surface area contributed by atoms with Gasteiger partial charge in [-0.1, -0.05) is 12.1 Å². The number of carboxylic acid groups (broad SMARTS) is 1. The molecule has 1 heterocycles. The molecule has 0 spiro atoms. The van der Waals surface area contributed by atoms with Gasteiger partial charge in [-0.15, -0.1) is 0 Å². The maximum Gasteiger partial charge on any atom is 0.307 e. The van der Waals surface area contributed by atoms with E-state index in [-0.39, 0.29) is 24.7 Å². The van der Waals surface area contributed by atoms with Gasteiger partial charge in [0.15, 0.2) is 0 Å². The van der Waals surface area contributed by atoms with Gasteiger partial charge in [-0.3, -0.25) is 14.4 Å². The zero-order valence-corrected chi connectivity index (χ0v) is 14.8. The second kappa shape index (κ2) is 7.90. The van der Waals surface area contributed by atoms with Crippen LogP contribution < -0.4 is 15.0 Å². The number of nitrogens with zero attached hydrogens (tertiary/aromatic N) is 1. The molecule has 27 heavy (non-hydrogen) atoms. The monoisotopic (exact) mass is 368 g/mol. The zero-order chi connectivity index (χ0) is 19.4. The van der Waals surface area contributed by atoms with Crippen LogP contribution in [0.5, 0.6) is 5.75 Å². The SMILES string of the molecule is CCOc1ccc(NC2CC(=O)N(c3ccc(CC(=O)O)cc3)C2=O)cc1. The Morgan fingerprint density at radius 2 is 1.81 bits per heavy atom. The number of aliphatic carboxylic acids is 1. The molecule has 1 atom stereocenters. The second-order valence-corrected chi connectivity index (χ2v) is 6.16. The van der Waals surface area contributed by atoms with Crippen LogP contribution in [0.2, 0.25) is 0 Å². The molecular formula is C20H20N2O5. The number of anilines is 2. The van der Waals surface area contributed by atoms with Crippen molar-refractivity contribution in [2.24, 2.45) is 0 Å². The molecule has 7 heteroatoms. The van der Waals surface area contributed by atoms with E-state index in [0.717, 1.165) is 16.3 Å². The summed E-state index contributed by atoms with van der Waals surface area (Å²) in [7, 11) is 0. The van der Waals surface area contributed by atoms with Gasteiger partial charge in [0, 0.05) is 5.69 Å². The summed E-state index contributed by atoms with van der Waals surface area (Å²) in [5, 5.41) is 11.9. The molecule has 1 fully saturated rings. The van der Waals surface area contributed by atoms with Gasteiger partial charge < -0.3 is 15.2 Å². The lowest BCUT2D eigenvalue weighted by molar-refractivity contribution is -0.136. The lowest BCUT2D eigenvalue weighted by Crippen LogP contribution is -2.34. The number of ether oxygens (including phenoxy) is 1. The first-order valence-electron chi connectivity index (χ1n) is 8.65. The average Bonchev–Trinajstić information content (AvgIpc) is 2.91. The van der Waals surface area contributed by atoms with Gasteiger partial charge >= 0.3 is 5.97 Å². The van der Waals surface area contributed by atoms with Crippen LogP contribution in [0, 0.1) is 0 Å². The molecule has 0 aliphatic carbocycles. The average molecular weight is 368 g/mol. The molecule has 140 valence electrons. The Morgan fingerprint density at radius 3 is 2.41 bits per heavy atom. The normalized spacial score (nSPS) is 16.5. The van der Waals surface area contributed by atoms with E-state index in [9.17, 15) is 14.4 Å². The molecule has 0 aromatic heterocycles. The molecule has 2 amide bonds. The summed E-state index contributed by atoms with van der Waals surface area (Å²) in [5.41, 5.74) is 1.77. The Kier molecular flexibility index (Phi) is 5.40. The molecule has 0 radical (unpaired) electrons. The Morgan fingerprint density at radius 1 is 1.15 bits per heavy atom. The van der Waals surface area contributed by atoms with Crippen molar-refractivity contribution in [3.05, 3.63) is 54.1 Å². The van der Waals surface area contributed by atoms with Gasteiger partial charge in [0.2, 0.25) is 5.91 Å². The summed E-state index contributed by atoms with van der Waals surface area (Å²) in [4.78, 5) is 36.9. The Bertz CT molecular complexity index is 846. The van der Waals surface area contributed by atoms with E-state index in [1.165, 1.54) is 0 Å². The number of hydrogen-bond donors (Lipinski definition) is 2. The van der Waals surface area contributed by atoms with Crippen LogP contribution in [0.15, 0.2) is 48.5 Å². The van der Waals surface area contributed by atoms with Crippen LogP contribution in [0.1, 0.15) is 18.9 Å². The molecule has 0 bridgehead atoms. The van der Waals surface area contributed by atoms with Gasteiger partial charge in [0.25, 0.3) is 5.91 Å². The summed E-state index contributed by atoms with van der Waals surface area (Å²) in [6.45, 7) is 2.47. The smallest absolute Gasteiger partial charge is 0.307 e. The van der Waals surface area contributed by atoms with E-state index in [1.807, 2.05) is 6.92 Å². The molecule has 1 saturated heterocycles. The highest BCUT2D eigenvalue weighted by molar-refractivity contribution is 6.23. The van der Waals surface area contributed by atoms with E-state index in [4.69, 9.17) is 9.84 Å². The minimum Gasteiger partial charge on any atom is -0.494 e. The quantitative estimate of drug-likeness (QED) is 0.729.